The lowest BCUT2D eigenvalue weighted by Gasteiger charge is -2.12. The van der Waals surface area contributed by atoms with E-state index in [1.165, 1.54) is 0 Å². The van der Waals surface area contributed by atoms with Gasteiger partial charge in [0.05, 0.1) is 0 Å². The van der Waals surface area contributed by atoms with Crippen LogP contribution in [0.2, 0.25) is 0 Å². The topological polar surface area (TPSA) is 41.5 Å². The van der Waals surface area contributed by atoms with Gasteiger partial charge in [-0.2, -0.15) is 0 Å². The highest BCUT2D eigenvalue weighted by atomic mass is 16.5. The van der Waals surface area contributed by atoms with Crippen molar-refractivity contribution in [3.8, 4) is 5.75 Å². The first kappa shape index (κ1) is 12.7. The first-order valence-corrected chi connectivity index (χ1v) is 5.41. The van der Waals surface area contributed by atoms with Crippen LogP contribution in [0.1, 0.15) is 5.56 Å². The van der Waals surface area contributed by atoms with Crippen molar-refractivity contribution in [1.29, 1.82) is 0 Å². The van der Waals surface area contributed by atoms with Crippen LogP contribution in [-0.4, -0.2) is 30.9 Å². The van der Waals surface area contributed by atoms with Crippen molar-refractivity contribution in [2.45, 2.75) is 13.0 Å². The van der Waals surface area contributed by atoms with Crippen LogP contribution in [0.15, 0.2) is 36.9 Å². The number of aliphatic hydroxyl groups is 1. The average Bonchev–Trinajstić information content (AvgIpc) is 2.27. The Kier molecular flexibility index (Phi) is 5.61. The predicted octanol–water partition coefficient (Wildman–Crippen LogP) is 1.51. The molecule has 1 aromatic rings. The Balaban J connectivity index is 2.25. The summed E-state index contributed by atoms with van der Waals surface area (Å²) in [6, 6.07) is 7.78. The molecule has 0 aliphatic heterocycles. The van der Waals surface area contributed by atoms with E-state index in [9.17, 15) is 5.11 Å². The van der Waals surface area contributed by atoms with Crippen LogP contribution in [0.3, 0.4) is 0 Å². The van der Waals surface area contributed by atoms with Crippen LogP contribution in [-0.2, 0) is 0 Å². The van der Waals surface area contributed by atoms with Gasteiger partial charge < -0.3 is 15.2 Å². The van der Waals surface area contributed by atoms with Crippen LogP contribution >= 0.6 is 0 Å². The molecule has 88 valence electrons. The van der Waals surface area contributed by atoms with Gasteiger partial charge in [-0.15, -0.1) is 6.58 Å². The molecule has 0 aromatic heterocycles. The summed E-state index contributed by atoms with van der Waals surface area (Å²) in [6.45, 7) is 7.10. The van der Waals surface area contributed by atoms with Crippen LogP contribution < -0.4 is 10.1 Å². The third kappa shape index (κ3) is 4.96. The van der Waals surface area contributed by atoms with E-state index in [-0.39, 0.29) is 0 Å². The standard InChI is InChI=1S/C13H19NO2/c1-3-7-14-9-12(15)10-16-13-6-4-5-11(2)8-13/h3-6,8,12,14-15H,1,7,9-10H2,2H3. The Hall–Kier alpha value is -1.32. The summed E-state index contributed by atoms with van der Waals surface area (Å²) in [4.78, 5) is 0. The maximum absolute atomic E-state index is 9.58. The minimum Gasteiger partial charge on any atom is -0.491 e. The molecule has 1 rings (SSSR count). The van der Waals surface area contributed by atoms with Gasteiger partial charge in [0.25, 0.3) is 0 Å². The van der Waals surface area contributed by atoms with Gasteiger partial charge in [0.1, 0.15) is 18.5 Å². The number of aryl methyl sites for hydroxylation is 1. The summed E-state index contributed by atoms with van der Waals surface area (Å²) in [5.41, 5.74) is 1.15. The molecule has 0 aliphatic carbocycles. The first-order valence-electron chi connectivity index (χ1n) is 5.41. The van der Waals surface area contributed by atoms with Crippen molar-refractivity contribution < 1.29 is 9.84 Å². The lowest BCUT2D eigenvalue weighted by molar-refractivity contribution is 0.107. The van der Waals surface area contributed by atoms with E-state index in [2.05, 4.69) is 11.9 Å². The van der Waals surface area contributed by atoms with E-state index in [1.54, 1.807) is 6.08 Å². The maximum atomic E-state index is 9.58. The van der Waals surface area contributed by atoms with E-state index >= 15 is 0 Å². The third-order valence-electron chi connectivity index (χ3n) is 2.10. The highest BCUT2D eigenvalue weighted by molar-refractivity contribution is 5.27. The minimum absolute atomic E-state index is 0.299. The number of benzene rings is 1. The first-order chi connectivity index (χ1) is 7.72. The van der Waals surface area contributed by atoms with Crippen molar-refractivity contribution in [3.05, 3.63) is 42.5 Å². The van der Waals surface area contributed by atoms with Crippen LogP contribution in [0.5, 0.6) is 5.75 Å². The third-order valence-corrected chi connectivity index (χ3v) is 2.10. The van der Waals surface area contributed by atoms with Gasteiger partial charge in [-0.3, -0.25) is 0 Å². The molecule has 0 spiro atoms. The highest BCUT2D eigenvalue weighted by Gasteiger charge is 2.03. The molecule has 1 aromatic carbocycles. The summed E-state index contributed by atoms with van der Waals surface area (Å²) < 4.78 is 5.46. The summed E-state index contributed by atoms with van der Waals surface area (Å²) in [5.74, 6) is 0.794. The van der Waals surface area contributed by atoms with Crippen LogP contribution in [0, 0.1) is 6.92 Å². The molecule has 0 aliphatic rings. The molecule has 0 saturated carbocycles. The quantitative estimate of drug-likeness (QED) is 0.541. The number of nitrogens with one attached hydrogen (secondary N) is 1. The molecule has 0 heterocycles. The molecule has 3 nitrogen and oxygen atoms in total. The molecule has 1 unspecified atom stereocenters. The monoisotopic (exact) mass is 221 g/mol. The van der Waals surface area contributed by atoms with E-state index in [0.29, 0.717) is 19.7 Å². The Morgan fingerprint density at radius 3 is 3.06 bits per heavy atom. The summed E-state index contributed by atoms with van der Waals surface area (Å²) >= 11 is 0. The zero-order valence-corrected chi connectivity index (χ0v) is 9.65. The number of hydrogen-bond acceptors (Lipinski definition) is 3. The number of aliphatic hydroxyl groups excluding tert-OH is 1. The minimum atomic E-state index is -0.500. The summed E-state index contributed by atoms with van der Waals surface area (Å²) in [6.07, 6.45) is 1.26. The maximum Gasteiger partial charge on any atom is 0.119 e. The van der Waals surface area contributed by atoms with Crippen molar-refractivity contribution in [2.24, 2.45) is 0 Å². The molecule has 16 heavy (non-hydrogen) atoms. The van der Waals surface area contributed by atoms with Gasteiger partial charge in [0.2, 0.25) is 0 Å². The second kappa shape index (κ2) is 7.04. The Morgan fingerprint density at radius 2 is 2.38 bits per heavy atom. The molecule has 0 bridgehead atoms. The number of hydrogen-bond donors (Lipinski definition) is 2. The van der Waals surface area contributed by atoms with Gasteiger partial charge in [0, 0.05) is 13.1 Å². The second-order valence-electron chi connectivity index (χ2n) is 3.73. The lowest BCUT2D eigenvalue weighted by atomic mass is 10.2. The second-order valence-corrected chi connectivity index (χ2v) is 3.73. The smallest absolute Gasteiger partial charge is 0.119 e. The lowest BCUT2D eigenvalue weighted by Crippen LogP contribution is -2.31. The highest BCUT2D eigenvalue weighted by Crippen LogP contribution is 2.12. The normalized spacial score (nSPS) is 12.1. The molecule has 1 atom stereocenters. The molecular formula is C13H19NO2. The van der Waals surface area contributed by atoms with Crippen molar-refractivity contribution in [1.82, 2.24) is 5.32 Å². The molecule has 0 radical (unpaired) electrons. The van der Waals surface area contributed by atoms with Gasteiger partial charge in [-0.05, 0) is 24.6 Å². The number of ether oxygens (including phenoxy) is 1. The van der Waals surface area contributed by atoms with E-state index in [1.807, 2.05) is 31.2 Å². The van der Waals surface area contributed by atoms with Gasteiger partial charge in [0.15, 0.2) is 0 Å². The fraction of sp³-hybridized carbons (Fsp3) is 0.385. The van der Waals surface area contributed by atoms with E-state index in [0.717, 1.165) is 11.3 Å². The fourth-order valence-electron chi connectivity index (χ4n) is 1.31. The van der Waals surface area contributed by atoms with Crippen molar-refractivity contribution >= 4 is 0 Å². The molecule has 0 amide bonds. The van der Waals surface area contributed by atoms with Crippen molar-refractivity contribution in [3.63, 3.8) is 0 Å². The van der Waals surface area contributed by atoms with Gasteiger partial charge >= 0.3 is 0 Å². The largest absolute Gasteiger partial charge is 0.491 e. The van der Waals surface area contributed by atoms with Gasteiger partial charge in [-0.1, -0.05) is 18.2 Å². The Labute approximate surface area is 96.8 Å². The summed E-state index contributed by atoms with van der Waals surface area (Å²) in [5, 5.41) is 12.6. The average molecular weight is 221 g/mol. The molecule has 0 fully saturated rings. The molecule has 2 N–H and O–H groups in total. The number of rotatable bonds is 7. The van der Waals surface area contributed by atoms with E-state index < -0.39 is 6.10 Å². The van der Waals surface area contributed by atoms with E-state index in [4.69, 9.17) is 4.74 Å². The van der Waals surface area contributed by atoms with Crippen LogP contribution in [0.25, 0.3) is 0 Å². The zero-order valence-electron chi connectivity index (χ0n) is 9.65. The Morgan fingerprint density at radius 1 is 1.56 bits per heavy atom. The summed E-state index contributed by atoms with van der Waals surface area (Å²) in [7, 11) is 0. The molecular weight excluding hydrogens is 202 g/mol. The Bertz CT molecular complexity index is 325. The predicted molar refractivity (Wildman–Crippen MR) is 65.7 cm³/mol. The van der Waals surface area contributed by atoms with Crippen LogP contribution in [0.4, 0.5) is 0 Å². The SMILES string of the molecule is C=CCNCC(O)COc1cccc(C)c1. The van der Waals surface area contributed by atoms with Gasteiger partial charge in [-0.25, -0.2) is 0 Å². The zero-order chi connectivity index (χ0) is 11.8. The molecule has 3 heteroatoms. The van der Waals surface area contributed by atoms with Crippen molar-refractivity contribution in [2.75, 3.05) is 19.7 Å². The molecule has 0 saturated heterocycles. The fourth-order valence-corrected chi connectivity index (χ4v) is 1.31.